The van der Waals surface area contributed by atoms with Crippen molar-refractivity contribution < 1.29 is 35.7 Å². The number of ketones is 1. The molecule has 1 aliphatic rings. The number of benzene rings is 1. The highest BCUT2D eigenvalue weighted by Crippen LogP contribution is 2.30. The van der Waals surface area contributed by atoms with E-state index in [0.717, 1.165) is 12.1 Å². The fraction of sp³-hybridized carbons (Fsp3) is 0.364. The van der Waals surface area contributed by atoms with Crippen LogP contribution in [0.15, 0.2) is 49.1 Å². The van der Waals surface area contributed by atoms with E-state index >= 15 is 0 Å². The van der Waals surface area contributed by atoms with Crippen molar-refractivity contribution in [3.05, 3.63) is 71.4 Å². The van der Waals surface area contributed by atoms with Gasteiger partial charge in [0.2, 0.25) is 5.78 Å². The summed E-state index contributed by atoms with van der Waals surface area (Å²) >= 11 is 0. The molecule has 0 spiro atoms. The Balaban J connectivity index is 1.43. The topological polar surface area (TPSA) is 162 Å². The van der Waals surface area contributed by atoms with Crippen LogP contribution >= 0.6 is 0 Å². The minimum atomic E-state index is -4.43. The molecule has 0 bridgehead atoms. The molecular weight excluding hydrogens is 517 g/mol. The zero-order valence-corrected chi connectivity index (χ0v) is 20.0. The Bertz CT molecular complexity index is 1360. The lowest BCUT2D eigenvalue weighted by Crippen LogP contribution is -2.24. The highest BCUT2D eigenvalue weighted by molar-refractivity contribution is 7.84. The Morgan fingerprint density at radius 3 is 2.62 bits per heavy atom. The normalized spacial score (nSPS) is 20.2. The van der Waals surface area contributed by atoms with Crippen LogP contribution in [0.25, 0.3) is 0 Å². The van der Waals surface area contributed by atoms with Gasteiger partial charge in [0.25, 0.3) is 0 Å². The molecule has 198 valence electrons. The molecule has 4 rings (SSSR count). The number of carbonyl (C=O) groups excluding carboxylic acids is 1. The molecule has 0 radical (unpaired) electrons. The molecule has 0 amide bonds. The van der Waals surface area contributed by atoms with Gasteiger partial charge in [0.15, 0.2) is 0 Å². The van der Waals surface area contributed by atoms with Gasteiger partial charge in [-0.15, -0.1) is 0 Å². The van der Waals surface area contributed by atoms with E-state index in [1.165, 1.54) is 41.6 Å². The van der Waals surface area contributed by atoms with E-state index in [1.807, 2.05) is 0 Å². The number of nitrogens with one attached hydrogen (secondary N) is 1. The molecule has 2 heterocycles. The second-order valence-corrected chi connectivity index (χ2v) is 9.85. The number of aliphatic hydroxyl groups excluding tert-OH is 1. The fourth-order valence-electron chi connectivity index (χ4n) is 4.08. The van der Waals surface area contributed by atoms with Crippen molar-refractivity contribution in [3.8, 4) is 0 Å². The average molecular weight is 541 g/mol. The Labute approximate surface area is 209 Å². The van der Waals surface area contributed by atoms with Gasteiger partial charge in [-0.1, -0.05) is 12.1 Å². The maximum absolute atomic E-state index is 13.1. The molecule has 3 aromatic rings. The van der Waals surface area contributed by atoms with Crippen molar-refractivity contribution in [3.63, 3.8) is 0 Å². The summed E-state index contributed by atoms with van der Waals surface area (Å²) in [5, 5.41) is 22.4. The van der Waals surface area contributed by atoms with Gasteiger partial charge in [-0.05, 0) is 36.6 Å². The summed E-state index contributed by atoms with van der Waals surface area (Å²) in [6, 6.07) is 5.80. The molecule has 2 aromatic heterocycles. The number of halogens is 3. The molecule has 11 nitrogen and oxygen atoms in total. The summed E-state index contributed by atoms with van der Waals surface area (Å²) in [5.41, 5.74) is 0.0210. The van der Waals surface area contributed by atoms with E-state index in [1.54, 1.807) is 0 Å². The van der Waals surface area contributed by atoms with Gasteiger partial charge in [0.1, 0.15) is 17.8 Å². The molecule has 0 unspecified atom stereocenters. The molecule has 4 N–H and O–H groups in total. The van der Waals surface area contributed by atoms with Crippen molar-refractivity contribution in [2.45, 2.75) is 37.7 Å². The van der Waals surface area contributed by atoms with Crippen molar-refractivity contribution in [1.82, 2.24) is 19.7 Å². The number of rotatable bonds is 9. The molecule has 1 saturated carbocycles. The second-order valence-electron chi connectivity index (χ2n) is 8.62. The minimum Gasteiger partial charge on any atom is -0.393 e. The number of aliphatic hydroxyl groups is 1. The number of nitrogens with two attached hydrogens (primary N) is 1. The van der Waals surface area contributed by atoms with Crippen LogP contribution in [0, 0.1) is 5.92 Å². The van der Waals surface area contributed by atoms with Crippen LogP contribution in [0.1, 0.15) is 40.0 Å². The van der Waals surface area contributed by atoms with Gasteiger partial charge in [-0.3, -0.25) is 13.7 Å². The van der Waals surface area contributed by atoms with Gasteiger partial charge in [0.05, 0.1) is 30.4 Å². The second kappa shape index (κ2) is 10.5. The molecule has 15 heteroatoms. The Hall–Kier alpha value is -3.40. The van der Waals surface area contributed by atoms with Gasteiger partial charge in [-0.25, -0.2) is 15.1 Å². The predicted octanol–water partition coefficient (Wildman–Crippen LogP) is 1.74. The number of alkyl halides is 3. The van der Waals surface area contributed by atoms with Crippen LogP contribution < -0.4 is 10.5 Å². The molecule has 3 atom stereocenters. The van der Waals surface area contributed by atoms with E-state index in [0.29, 0.717) is 12.0 Å². The molecule has 1 fully saturated rings. The monoisotopic (exact) mass is 540 g/mol. The predicted molar refractivity (Wildman–Crippen MR) is 123 cm³/mol. The molecular formula is C22H23F3N6O5S. The third kappa shape index (κ3) is 6.88. The zero-order chi connectivity index (χ0) is 26.8. The summed E-state index contributed by atoms with van der Waals surface area (Å²) in [5.74, 6) is -0.762. The van der Waals surface area contributed by atoms with Crippen LogP contribution in [0.2, 0.25) is 0 Å². The minimum absolute atomic E-state index is 0.0793. The Morgan fingerprint density at radius 2 is 1.95 bits per heavy atom. The fourth-order valence-corrected chi connectivity index (χ4v) is 4.45. The first kappa shape index (κ1) is 26.7. The third-order valence-electron chi connectivity index (χ3n) is 5.90. The summed E-state index contributed by atoms with van der Waals surface area (Å²) in [4.78, 5) is 21.2. The van der Waals surface area contributed by atoms with Gasteiger partial charge < -0.3 is 10.4 Å². The molecule has 1 aromatic carbocycles. The third-order valence-corrected chi connectivity index (χ3v) is 6.37. The maximum atomic E-state index is 13.1. The van der Waals surface area contributed by atoms with Gasteiger partial charge in [-0.2, -0.15) is 26.7 Å². The Kier molecular flexibility index (Phi) is 7.59. The van der Waals surface area contributed by atoms with E-state index in [4.69, 9.17) is 5.14 Å². The number of carbonyl (C=O) groups is 1. The quantitative estimate of drug-likeness (QED) is 0.343. The summed E-state index contributed by atoms with van der Waals surface area (Å²) in [6.45, 7) is -0.117. The van der Waals surface area contributed by atoms with Gasteiger partial charge in [0, 0.05) is 24.4 Å². The number of nitrogens with zero attached hydrogens (tertiary/aromatic N) is 4. The van der Waals surface area contributed by atoms with Crippen molar-refractivity contribution in [2.24, 2.45) is 11.1 Å². The van der Waals surface area contributed by atoms with Crippen LogP contribution in [0.4, 0.5) is 19.0 Å². The van der Waals surface area contributed by atoms with E-state index in [-0.39, 0.29) is 42.7 Å². The summed E-state index contributed by atoms with van der Waals surface area (Å²) in [7, 11) is -4.14. The van der Waals surface area contributed by atoms with E-state index < -0.39 is 39.8 Å². The van der Waals surface area contributed by atoms with E-state index in [9.17, 15) is 31.5 Å². The van der Waals surface area contributed by atoms with Crippen molar-refractivity contribution in [2.75, 3.05) is 11.9 Å². The number of anilines is 1. The lowest BCUT2D eigenvalue weighted by atomic mass is 10.1. The largest absolute Gasteiger partial charge is 0.416 e. The van der Waals surface area contributed by atoms with Crippen LogP contribution in [-0.2, 0) is 27.2 Å². The van der Waals surface area contributed by atoms with Crippen molar-refractivity contribution >= 4 is 21.9 Å². The number of aromatic nitrogens is 4. The first-order valence-corrected chi connectivity index (χ1v) is 12.5. The number of hydrogen-bond donors (Lipinski definition) is 3. The first-order chi connectivity index (χ1) is 17.4. The van der Waals surface area contributed by atoms with Crippen LogP contribution in [0.3, 0.4) is 0 Å². The molecule has 0 aliphatic heterocycles. The summed E-state index contributed by atoms with van der Waals surface area (Å²) < 4.78 is 66.4. The Morgan fingerprint density at radius 1 is 1.22 bits per heavy atom. The van der Waals surface area contributed by atoms with Crippen LogP contribution in [-0.4, -0.2) is 57.8 Å². The maximum Gasteiger partial charge on any atom is 0.416 e. The molecule has 0 saturated heterocycles. The lowest BCUT2D eigenvalue weighted by molar-refractivity contribution is -0.137. The SMILES string of the molecule is NS(=O)(=O)OC[C@H]1C[C@@H](Nc2ncncc2C(=O)c2ccn(Cc3ccc(C(F)(F)F)cc3)n2)C[C@@H]1O. The van der Waals surface area contributed by atoms with Crippen molar-refractivity contribution in [1.29, 1.82) is 0 Å². The standard InChI is InChI=1S/C22H23F3N6O5S/c23-22(24,25)15-3-1-13(2-4-15)10-31-6-5-18(30-31)20(33)17-9-27-12-28-21(17)29-16-7-14(19(32)8-16)11-36-37(26,34)35/h1-6,9,12,14,16,19,32H,7-8,10-11H2,(H2,26,34,35)(H,27,28,29)/t14-,16-,19+/m1/s1. The summed E-state index contributed by atoms with van der Waals surface area (Å²) in [6.07, 6.45) is -0.571. The van der Waals surface area contributed by atoms with Gasteiger partial charge >= 0.3 is 16.5 Å². The smallest absolute Gasteiger partial charge is 0.393 e. The first-order valence-electron chi connectivity index (χ1n) is 11.0. The zero-order valence-electron chi connectivity index (χ0n) is 19.2. The number of hydrogen-bond acceptors (Lipinski definition) is 9. The van der Waals surface area contributed by atoms with Crippen LogP contribution in [0.5, 0.6) is 0 Å². The average Bonchev–Trinajstić information content (AvgIpc) is 3.43. The highest BCUT2D eigenvalue weighted by Gasteiger charge is 2.35. The lowest BCUT2D eigenvalue weighted by Gasteiger charge is -2.15. The van der Waals surface area contributed by atoms with E-state index in [2.05, 4.69) is 24.6 Å². The molecule has 1 aliphatic carbocycles. The molecule has 37 heavy (non-hydrogen) atoms. The highest BCUT2D eigenvalue weighted by atomic mass is 32.2.